The van der Waals surface area contributed by atoms with Gasteiger partial charge in [-0.25, -0.2) is 4.39 Å². The second-order valence-corrected chi connectivity index (χ2v) is 11.5. The van der Waals surface area contributed by atoms with E-state index >= 15 is 0 Å². The smallest absolute Gasteiger partial charge is 0.256 e. The summed E-state index contributed by atoms with van der Waals surface area (Å²) in [5, 5.41) is 1.15. The van der Waals surface area contributed by atoms with Gasteiger partial charge in [-0.3, -0.25) is 14.7 Å². The van der Waals surface area contributed by atoms with E-state index in [4.69, 9.17) is 0 Å². The normalized spacial score (nSPS) is 17.0. The van der Waals surface area contributed by atoms with E-state index in [1.54, 1.807) is 18.0 Å². The Morgan fingerprint density at radius 3 is 2.68 bits per heavy atom. The third-order valence-corrected chi connectivity index (χ3v) is 8.17. The van der Waals surface area contributed by atoms with Gasteiger partial charge in [0.1, 0.15) is 12.1 Å². The van der Waals surface area contributed by atoms with Gasteiger partial charge in [0.25, 0.3) is 5.91 Å². The molecule has 3 aromatic rings. The van der Waals surface area contributed by atoms with Crippen molar-refractivity contribution in [3.05, 3.63) is 59.3 Å². The molecule has 2 aromatic heterocycles. The van der Waals surface area contributed by atoms with Crippen LogP contribution in [0.3, 0.4) is 0 Å². The maximum Gasteiger partial charge on any atom is 0.256 e. The fourth-order valence-corrected chi connectivity index (χ4v) is 5.93. The highest BCUT2D eigenvalue weighted by Crippen LogP contribution is 2.33. The maximum atomic E-state index is 14.4. The Morgan fingerprint density at radius 1 is 1.24 bits per heavy atom. The summed E-state index contributed by atoms with van der Waals surface area (Å²) >= 11 is 0. The molecule has 204 valence electrons. The molecule has 1 amide bonds. The molecule has 0 spiro atoms. The van der Waals surface area contributed by atoms with Crippen molar-refractivity contribution in [2.75, 3.05) is 20.1 Å². The number of halogens is 1. The number of benzene rings is 1. The molecule has 1 unspecified atom stereocenters. The number of nitrogens with zero attached hydrogens (tertiary/aromatic N) is 4. The summed E-state index contributed by atoms with van der Waals surface area (Å²) in [6.45, 7) is 12.5. The lowest BCUT2D eigenvalue weighted by molar-refractivity contribution is -0.108. The van der Waals surface area contributed by atoms with Crippen molar-refractivity contribution in [1.29, 1.82) is 0 Å². The van der Waals surface area contributed by atoms with Crippen molar-refractivity contribution >= 4 is 23.1 Å². The highest BCUT2D eigenvalue weighted by atomic mass is 19.1. The van der Waals surface area contributed by atoms with Gasteiger partial charge in [-0.2, -0.15) is 0 Å². The molecular weight excluding hydrogens is 479 g/mol. The predicted molar refractivity (Wildman–Crippen MR) is 150 cm³/mol. The average molecular weight is 521 g/mol. The lowest BCUT2D eigenvalue weighted by Gasteiger charge is -2.30. The van der Waals surface area contributed by atoms with Gasteiger partial charge >= 0.3 is 0 Å². The second-order valence-electron chi connectivity index (χ2n) is 11.5. The Balaban J connectivity index is 1.70. The molecule has 1 fully saturated rings. The topological polar surface area (TPSA) is 58.4 Å². The van der Waals surface area contributed by atoms with Gasteiger partial charge in [-0.15, -0.1) is 0 Å². The van der Waals surface area contributed by atoms with Crippen LogP contribution in [0.2, 0.25) is 0 Å². The van der Waals surface area contributed by atoms with Crippen molar-refractivity contribution in [3.8, 4) is 5.69 Å². The van der Waals surface area contributed by atoms with Gasteiger partial charge in [-0.1, -0.05) is 13.8 Å². The first-order valence-corrected chi connectivity index (χ1v) is 13.8. The fraction of sp³-hybridized carbons (Fsp3) is 0.516. The number of carbonyl (C=O) groups excluding carboxylic acids is 2. The first kappa shape index (κ1) is 28.0. The molecule has 1 saturated heterocycles. The number of aldehydes is 1. The highest BCUT2D eigenvalue weighted by molar-refractivity contribution is 5.99. The zero-order chi connectivity index (χ0) is 27.6. The Labute approximate surface area is 225 Å². The van der Waals surface area contributed by atoms with Gasteiger partial charge in [-0.05, 0) is 87.7 Å². The van der Waals surface area contributed by atoms with E-state index < -0.39 is 5.82 Å². The number of carbonyl (C=O) groups is 2. The zero-order valence-corrected chi connectivity index (χ0v) is 23.6. The number of hydrogen-bond donors (Lipinski definition) is 0. The molecule has 1 aromatic carbocycles. The summed E-state index contributed by atoms with van der Waals surface area (Å²) in [6.07, 6.45) is 10.4. The van der Waals surface area contributed by atoms with Crippen molar-refractivity contribution in [2.45, 2.75) is 72.4 Å². The molecule has 4 rings (SSSR count). The summed E-state index contributed by atoms with van der Waals surface area (Å²) < 4.78 is 16.4. The monoisotopic (exact) mass is 520 g/mol. The molecular formula is C31H41FN4O2. The first-order valence-electron chi connectivity index (χ1n) is 13.8. The molecule has 38 heavy (non-hydrogen) atoms. The van der Waals surface area contributed by atoms with E-state index in [9.17, 15) is 14.0 Å². The molecule has 0 radical (unpaired) electrons. The van der Waals surface area contributed by atoms with E-state index in [2.05, 4.69) is 36.9 Å². The lowest BCUT2D eigenvalue weighted by Crippen LogP contribution is -2.37. The molecule has 1 aliphatic heterocycles. The van der Waals surface area contributed by atoms with Crippen LogP contribution in [0, 0.1) is 24.6 Å². The van der Waals surface area contributed by atoms with Gasteiger partial charge in [0.15, 0.2) is 0 Å². The minimum Gasteiger partial charge on any atom is -0.339 e. The molecule has 2 atom stereocenters. The van der Waals surface area contributed by atoms with Gasteiger partial charge in [0, 0.05) is 49.9 Å². The molecule has 7 heteroatoms. The summed E-state index contributed by atoms with van der Waals surface area (Å²) in [7, 11) is 1.75. The quantitative estimate of drug-likeness (QED) is 0.316. The van der Waals surface area contributed by atoms with E-state index in [0.717, 1.165) is 55.1 Å². The maximum absolute atomic E-state index is 14.4. The number of amides is 1. The molecule has 0 aliphatic carbocycles. The van der Waals surface area contributed by atoms with E-state index in [1.165, 1.54) is 17.7 Å². The molecule has 1 aliphatic rings. The average Bonchev–Trinajstić information content (AvgIpc) is 3.49. The van der Waals surface area contributed by atoms with Crippen LogP contribution in [0.5, 0.6) is 0 Å². The molecule has 0 N–H and O–H groups in total. The Bertz CT molecular complexity index is 1300. The summed E-state index contributed by atoms with van der Waals surface area (Å²) in [6, 6.07) is 4.86. The Kier molecular flexibility index (Phi) is 8.66. The Morgan fingerprint density at radius 2 is 2.00 bits per heavy atom. The first-order chi connectivity index (χ1) is 18.1. The summed E-state index contributed by atoms with van der Waals surface area (Å²) in [5.74, 6) is 0.364. The van der Waals surface area contributed by atoms with Crippen LogP contribution < -0.4 is 0 Å². The number of aryl methyl sites for hydroxylation is 1. The van der Waals surface area contributed by atoms with Crippen LogP contribution in [0.25, 0.3) is 16.6 Å². The van der Waals surface area contributed by atoms with Gasteiger partial charge in [0.05, 0.1) is 23.0 Å². The van der Waals surface area contributed by atoms with Crippen molar-refractivity contribution in [3.63, 3.8) is 0 Å². The minimum atomic E-state index is -0.430. The van der Waals surface area contributed by atoms with Crippen LogP contribution in [-0.4, -0.2) is 63.8 Å². The lowest BCUT2D eigenvalue weighted by atomic mass is 9.96. The van der Waals surface area contributed by atoms with Gasteiger partial charge < -0.3 is 14.3 Å². The standard InChI is InChI=1S/C31H41FN4O2/c1-20(2)27(8-7-13-37)35-12-11-23(18-35)14-24-19-36(29-17-33-16-22(5)30(24)29)28-10-9-25(32)15-26(28)31(38)34(6)21(3)4/h9-10,13,15-17,19-21,23,27H,7-8,11-12,14,18H2,1-6H3/t23-,27?/m0/s1. The Hall–Kier alpha value is -3.06. The number of hydrogen-bond acceptors (Lipinski definition) is 4. The van der Waals surface area contributed by atoms with Gasteiger partial charge in [0.2, 0.25) is 0 Å². The molecule has 3 heterocycles. The minimum absolute atomic E-state index is 0.00833. The largest absolute Gasteiger partial charge is 0.339 e. The number of pyridine rings is 1. The fourth-order valence-electron chi connectivity index (χ4n) is 5.93. The van der Waals surface area contributed by atoms with Crippen LogP contribution in [0.15, 0.2) is 36.8 Å². The number of fused-ring (bicyclic) bond motifs is 1. The van der Waals surface area contributed by atoms with Crippen LogP contribution in [-0.2, 0) is 11.2 Å². The summed E-state index contributed by atoms with van der Waals surface area (Å²) in [4.78, 5) is 33.0. The molecule has 0 saturated carbocycles. The van der Waals surface area contributed by atoms with Crippen LogP contribution >= 0.6 is 0 Å². The predicted octanol–water partition coefficient (Wildman–Crippen LogP) is 5.82. The SMILES string of the molecule is Cc1cncc2c1c(C[C@@H]1CCN(C(CCC=O)C(C)C)C1)cn2-c1ccc(F)cc1C(=O)N(C)C(C)C. The number of likely N-dealkylation sites (tertiary alicyclic amines) is 1. The summed E-state index contributed by atoms with van der Waals surface area (Å²) in [5.41, 5.74) is 4.24. The van der Waals surface area contributed by atoms with E-state index in [0.29, 0.717) is 35.5 Å². The van der Waals surface area contributed by atoms with Crippen molar-refractivity contribution in [2.24, 2.45) is 11.8 Å². The third kappa shape index (κ3) is 5.68. The van der Waals surface area contributed by atoms with Crippen molar-refractivity contribution in [1.82, 2.24) is 19.4 Å². The highest BCUT2D eigenvalue weighted by Gasteiger charge is 2.31. The molecule has 0 bridgehead atoms. The van der Waals surface area contributed by atoms with Crippen LogP contribution in [0.1, 0.15) is 68.4 Å². The third-order valence-electron chi connectivity index (χ3n) is 8.17. The number of rotatable bonds is 10. The zero-order valence-electron chi connectivity index (χ0n) is 23.6. The van der Waals surface area contributed by atoms with Crippen LogP contribution in [0.4, 0.5) is 4.39 Å². The van der Waals surface area contributed by atoms with E-state index in [1.807, 2.05) is 30.8 Å². The van der Waals surface area contributed by atoms with Crippen molar-refractivity contribution < 1.29 is 14.0 Å². The molecule has 6 nitrogen and oxygen atoms in total. The van der Waals surface area contributed by atoms with E-state index in [-0.39, 0.29) is 11.9 Å². The second kappa shape index (κ2) is 11.8. The number of aromatic nitrogens is 2.